The van der Waals surface area contributed by atoms with Gasteiger partial charge in [-0.25, -0.2) is 3.63 Å². The molecule has 15 heavy (non-hydrogen) atoms. The van der Waals surface area contributed by atoms with Gasteiger partial charge in [-0.2, -0.15) is 0 Å². The van der Waals surface area contributed by atoms with Crippen LogP contribution in [-0.2, 0) is 3.63 Å². The molecule has 2 atom stereocenters. The molecule has 88 valence electrons. The maximum Gasteiger partial charge on any atom is 0.0687 e. The van der Waals surface area contributed by atoms with Crippen molar-refractivity contribution in [1.29, 1.82) is 0 Å². The Kier molecular flexibility index (Phi) is 10.6. The topological polar surface area (TPSA) is 49.7 Å². The van der Waals surface area contributed by atoms with Crippen molar-refractivity contribution in [2.75, 3.05) is 11.5 Å². The lowest BCUT2D eigenvalue weighted by Crippen LogP contribution is -2.09. The second kappa shape index (κ2) is 10.6. The van der Waals surface area contributed by atoms with E-state index < -0.39 is 12.2 Å². The average molecular weight is 250 g/mol. The Morgan fingerprint density at radius 3 is 1.73 bits per heavy atom. The van der Waals surface area contributed by atoms with Crippen LogP contribution in [0.25, 0.3) is 0 Å². The van der Waals surface area contributed by atoms with E-state index in [0.717, 1.165) is 0 Å². The summed E-state index contributed by atoms with van der Waals surface area (Å²) in [7, 11) is 0. The normalized spacial score (nSPS) is 14.5. The number of hydrogen-bond acceptors (Lipinski definition) is 5. The Balaban J connectivity index is 3.23. The van der Waals surface area contributed by atoms with Gasteiger partial charge in [0.05, 0.1) is 12.2 Å². The Bertz CT molecular complexity index is 158. The highest BCUT2D eigenvalue weighted by Gasteiger charge is 2.04. The molecule has 0 aliphatic carbocycles. The van der Waals surface area contributed by atoms with Crippen molar-refractivity contribution in [1.82, 2.24) is 0 Å². The average Bonchev–Trinajstić information content (AvgIpc) is 2.18. The first-order valence-corrected chi connectivity index (χ1v) is 6.51. The maximum absolute atomic E-state index is 9.30. The molecule has 0 saturated carbocycles. The lowest BCUT2D eigenvalue weighted by molar-refractivity contribution is 0.201. The molecule has 2 N–H and O–H groups in total. The number of rotatable bonds is 10. The Morgan fingerprint density at radius 2 is 1.40 bits per heavy atom. The van der Waals surface area contributed by atoms with E-state index in [2.05, 4.69) is 13.2 Å². The molecule has 2 unspecified atom stereocenters. The Morgan fingerprint density at radius 1 is 1.00 bits per heavy atom. The summed E-state index contributed by atoms with van der Waals surface area (Å²) in [5.41, 5.74) is 0. The SMILES string of the molecule is C=CCC(O)CSOSCC(O)CC=C. The second-order valence-corrected chi connectivity index (χ2v) is 4.68. The van der Waals surface area contributed by atoms with Gasteiger partial charge in [-0.3, -0.25) is 0 Å². The third-order valence-electron chi connectivity index (χ3n) is 1.49. The summed E-state index contributed by atoms with van der Waals surface area (Å²) < 4.78 is 5.11. The van der Waals surface area contributed by atoms with Crippen molar-refractivity contribution in [2.45, 2.75) is 25.0 Å². The number of aliphatic hydroxyl groups excluding tert-OH is 2. The molecule has 0 aromatic rings. The molecule has 0 spiro atoms. The van der Waals surface area contributed by atoms with Crippen LogP contribution in [-0.4, -0.2) is 33.9 Å². The minimum Gasteiger partial charge on any atom is -0.392 e. The zero-order valence-electron chi connectivity index (χ0n) is 8.67. The first-order valence-electron chi connectivity index (χ1n) is 4.69. The van der Waals surface area contributed by atoms with Crippen LogP contribution in [0.15, 0.2) is 25.3 Å². The summed E-state index contributed by atoms with van der Waals surface area (Å²) in [6.45, 7) is 7.06. The van der Waals surface area contributed by atoms with E-state index in [1.54, 1.807) is 12.2 Å². The quantitative estimate of drug-likeness (QED) is 0.353. The third-order valence-corrected chi connectivity index (χ3v) is 3.31. The third kappa shape index (κ3) is 10.3. The monoisotopic (exact) mass is 250 g/mol. The fourth-order valence-corrected chi connectivity index (χ4v) is 2.07. The molecule has 0 aromatic heterocycles. The van der Waals surface area contributed by atoms with E-state index in [1.807, 2.05) is 0 Å². The largest absolute Gasteiger partial charge is 0.392 e. The van der Waals surface area contributed by atoms with E-state index in [4.69, 9.17) is 3.63 Å². The van der Waals surface area contributed by atoms with Gasteiger partial charge in [0, 0.05) is 35.6 Å². The molecule has 5 heteroatoms. The minimum absolute atomic E-state index is 0.411. The molecule has 0 rings (SSSR count). The van der Waals surface area contributed by atoms with Crippen molar-refractivity contribution >= 4 is 24.1 Å². The van der Waals surface area contributed by atoms with Crippen LogP contribution in [0.3, 0.4) is 0 Å². The molecule has 0 bridgehead atoms. The van der Waals surface area contributed by atoms with Gasteiger partial charge in [0.15, 0.2) is 0 Å². The summed E-state index contributed by atoms with van der Waals surface area (Å²) in [4.78, 5) is 0. The lowest BCUT2D eigenvalue weighted by atomic mass is 10.3. The molecule has 0 aliphatic rings. The Labute approximate surface area is 100 Å². The van der Waals surface area contributed by atoms with Crippen LogP contribution in [0.1, 0.15) is 12.8 Å². The molecule has 3 nitrogen and oxygen atoms in total. The lowest BCUT2D eigenvalue weighted by Gasteiger charge is -2.08. The van der Waals surface area contributed by atoms with Gasteiger partial charge in [-0.05, 0) is 12.8 Å². The molecule has 0 heterocycles. The molecule has 0 aliphatic heterocycles. The first-order chi connectivity index (χ1) is 7.20. The van der Waals surface area contributed by atoms with E-state index >= 15 is 0 Å². The highest BCUT2D eigenvalue weighted by atomic mass is 32.2. The van der Waals surface area contributed by atoms with Gasteiger partial charge in [0.1, 0.15) is 0 Å². The summed E-state index contributed by atoms with van der Waals surface area (Å²) in [6, 6.07) is 0. The Hall–Kier alpha value is 0.0600. The van der Waals surface area contributed by atoms with Crippen LogP contribution in [0.4, 0.5) is 0 Å². The molecule has 0 saturated heterocycles. The molecule has 0 aromatic carbocycles. The van der Waals surface area contributed by atoms with E-state index in [-0.39, 0.29) is 0 Å². The van der Waals surface area contributed by atoms with Crippen LogP contribution in [0, 0.1) is 0 Å². The number of aliphatic hydroxyl groups is 2. The standard InChI is InChI=1S/C10H18O3S2/c1-3-5-9(11)7-14-13-15-8-10(12)6-4-2/h3-4,9-12H,1-2,5-8H2. The van der Waals surface area contributed by atoms with Crippen molar-refractivity contribution < 1.29 is 13.8 Å². The van der Waals surface area contributed by atoms with Gasteiger partial charge in [-0.15, -0.1) is 13.2 Å². The first kappa shape index (κ1) is 15.1. The van der Waals surface area contributed by atoms with Gasteiger partial charge in [-0.1, -0.05) is 12.2 Å². The van der Waals surface area contributed by atoms with Gasteiger partial charge < -0.3 is 10.2 Å². The highest BCUT2D eigenvalue weighted by molar-refractivity contribution is 8.07. The predicted octanol–water partition coefficient (Wildman–Crippen LogP) is 2.17. The van der Waals surface area contributed by atoms with E-state index in [9.17, 15) is 10.2 Å². The minimum atomic E-state index is -0.411. The zero-order chi connectivity index (χ0) is 11.5. The fourth-order valence-electron chi connectivity index (χ4n) is 0.768. The molecule has 0 amide bonds. The van der Waals surface area contributed by atoms with Crippen molar-refractivity contribution in [3.63, 3.8) is 0 Å². The molecule has 0 radical (unpaired) electrons. The molecular formula is C10H18O3S2. The van der Waals surface area contributed by atoms with Crippen molar-refractivity contribution in [3.8, 4) is 0 Å². The predicted molar refractivity (Wildman–Crippen MR) is 67.6 cm³/mol. The van der Waals surface area contributed by atoms with Crippen molar-refractivity contribution in [3.05, 3.63) is 25.3 Å². The van der Waals surface area contributed by atoms with Crippen molar-refractivity contribution in [2.24, 2.45) is 0 Å². The fraction of sp³-hybridized carbons (Fsp3) is 0.600. The van der Waals surface area contributed by atoms with Gasteiger partial charge in [0.25, 0.3) is 0 Å². The summed E-state index contributed by atoms with van der Waals surface area (Å²) in [5, 5.41) is 18.6. The van der Waals surface area contributed by atoms with Gasteiger partial charge >= 0.3 is 0 Å². The van der Waals surface area contributed by atoms with Gasteiger partial charge in [0.2, 0.25) is 0 Å². The molecular weight excluding hydrogens is 232 g/mol. The van der Waals surface area contributed by atoms with Crippen LogP contribution in [0.2, 0.25) is 0 Å². The summed E-state index contributed by atoms with van der Waals surface area (Å²) in [5.74, 6) is 1.02. The van der Waals surface area contributed by atoms with Crippen LogP contribution in [0.5, 0.6) is 0 Å². The van der Waals surface area contributed by atoms with E-state index in [1.165, 1.54) is 24.1 Å². The summed E-state index contributed by atoms with van der Waals surface area (Å²) in [6.07, 6.45) is 3.66. The summed E-state index contributed by atoms with van der Waals surface area (Å²) >= 11 is 2.38. The van der Waals surface area contributed by atoms with Crippen LogP contribution < -0.4 is 0 Å². The second-order valence-electron chi connectivity index (χ2n) is 2.99. The highest BCUT2D eigenvalue weighted by Crippen LogP contribution is 2.18. The van der Waals surface area contributed by atoms with E-state index in [0.29, 0.717) is 24.3 Å². The zero-order valence-corrected chi connectivity index (χ0v) is 10.3. The smallest absolute Gasteiger partial charge is 0.0687 e. The molecule has 0 fully saturated rings. The van der Waals surface area contributed by atoms with Crippen LogP contribution >= 0.6 is 24.1 Å². The number of hydrogen-bond donors (Lipinski definition) is 2. The maximum atomic E-state index is 9.30.